The van der Waals surface area contributed by atoms with Crippen molar-refractivity contribution in [1.82, 2.24) is 9.99 Å². The van der Waals surface area contributed by atoms with Crippen molar-refractivity contribution in [3.63, 3.8) is 0 Å². The molecule has 0 aliphatic carbocycles. The Morgan fingerprint density at radius 2 is 1.78 bits per heavy atom. The molecule has 0 bridgehead atoms. The summed E-state index contributed by atoms with van der Waals surface area (Å²) in [5.41, 5.74) is 11.6. The van der Waals surface area contributed by atoms with Crippen molar-refractivity contribution in [2.24, 2.45) is 10.8 Å². The summed E-state index contributed by atoms with van der Waals surface area (Å²) in [6.45, 7) is 1.88. The Bertz CT molecular complexity index is 1250. The molecule has 0 unspecified atom stereocenters. The molecule has 4 aromatic rings. The summed E-state index contributed by atoms with van der Waals surface area (Å²) in [6, 6.07) is 22.4. The fourth-order valence-electron chi connectivity index (χ4n) is 3.94. The van der Waals surface area contributed by atoms with Gasteiger partial charge in [-0.1, -0.05) is 18.2 Å². The zero-order chi connectivity index (χ0) is 21.9. The van der Waals surface area contributed by atoms with Gasteiger partial charge in [-0.2, -0.15) is 5.10 Å². The topological polar surface area (TPSA) is 67.8 Å². The molecule has 6 nitrogen and oxygen atoms in total. The first-order valence-electron chi connectivity index (χ1n) is 10.6. The van der Waals surface area contributed by atoms with Gasteiger partial charge in [0.25, 0.3) is 0 Å². The number of benzene rings is 3. The molecule has 1 aromatic heterocycles. The molecule has 32 heavy (non-hydrogen) atoms. The maximum Gasteiger partial charge on any atom is 0.161 e. The number of ether oxygens (including phenoxy) is 1. The molecule has 5 rings (SSSR count). The summed E-state index contributed by atoms with van der Waals surface area (Å²) in [5, 5.41) is 5.36. The molecule has 0 spiro atoms. The Kier molecular flexibility index (Phi) is 5.47. The third-order valence-corrected chi connectivity index (χ3v) is 5.48. The fourth-order valence-corrected chi connectivity index (χ4v) is 3.94. The van der Waals surface area contributed by atoms with Crippen LogP contribution in [0.3, 0.4) is 0 Å². The zero-order valence-corrected chi connectivity index (χ0v) is 17.5. The van der Waals surface area contributed by atoms with Crippen molar-refractivity contribution in [3.8, 4) is 11.5 Å². The van der Waals surface area contributed by atoms with Crippen LogP contribution in [0.25, 0.3) is 10.9 Å². The first-order valence-corrected chi connectivity index (χ1v) is 10.6. The summed E-state index contributed by atoms with van der Waals surface area (Å²) >= 11 is 0. The van der Waals surface area contributed by atoms with E-state index >= 15 is 0 Å². The summed E-state index contributed by atoms with van der Waals surface area (Å²) in [4.78, 5) is 2.06. The van der Waals surface area contributed by atoms with Gasteiger partial charge in [0.15, 0.2) is 5.84 Å². The molecule has 0 saturated carbocycles. The highest BCUT2D eigenvalue weighted by Gasteiger charge is 2.24. The number of hydrazone groups is 1. The minimum Gasteiger partial charge on any atom is -0.457 e. The Hall–Kier alpha value is -3.84. The van der Waals surface area contributed by atoms with Crippen LogP contribution in [-0.2, 0) is 6.54 Å². The summed E-state index contributed by atoms with van der Waals surface area (Å²) in [5.74, 6) is 2.05. The number of hydrogen-bond acceptors (Lipinski definition) is 5. The van der Waals surface area contributed by atoms with Crippen molar-refractivity contribution < 1.29 is 9.13 Å². The van der Waals surface area contributed by atoms with E-state index in [-0.39, 0.29) is 5.82 Å². The summed E-state index contributed by atoms with van der Waals surface area (Å²) in [6.07, 6.45) is 2.90. The van der Waals surface area contributed by atoms with Crippen LogP contribution in [0.15, 0.2) is 84.1 Å². The Morgan fingerprint density at radius 1 is 1.00 bits per heavy atom. The van der Waals surface area contributed by atoms with E-state index in [0.29, 0.717) is 13.2 Å². The van der Waals surface area contributed by atoms with E-state index in [1.807, 2.05) is 60.7 Å². The van der Waals surface area contributed by atoms with E-state index in [2.05, 4.69) is 26.2 Å². The molecule has 3 N–H and O–H groups in total. The van der Waals surface area contributed by atoms with E-state index in [0.717, 1.165) is 52.5 Å². The number of nitrogens with one attached hydrogen (secondary N) is 1. The van der Waals surface area contributed by atoms with Crippen LogP contribution < -0.4 is 20.8 Å². The number of para-hydroxylation sites is 1. The number of hydrogen-bond donors (Lipinski definition) is 2. The third-order valence-electron chi connectivity index (χ3n) is 5.48. The van der Waals surface area contributed by atoms with Crippen molar-refractivity contribution in [3.05, 3.63) is 90.4 Å². The number of nitrogens with two attached hydrogens (primary N) is 1. The average Bonchev–Trinajstić information content (AvgIpc) is 3.43. The van der Waals surface area contributed by atoms with Gasteiger partial charge in [0.2, 0.25) is 0 Å². The number of aryl methyl sites for hydroxylation is 1. The number of nitrogens with zero attached hydrogens (tertiary/aromatic N) is 3. The van der Waals surface area contributed by atoms with Gasteiger partial charge in [0.1, 0.15) is 24.0 Å². The second-order valence-corrected chi connectivity index (χ2v) is 7.63. The maximum absolute atomic E-state index is 14.1. The van der Waals surface area contributed by atoms with Crippen molar-refractivity contribution in [1.29, 1.82) is 0 Å². The second-order valence-electron chi connectivity index (χ2n) is 7.63. The number of amidine groups is 1. The molecule has 162 valence electrons. The second kappa shape index (κ2) is 8.72. The Balaban J connectivity index is 1.45. The van der Waals surface area contributed by atoms with E-state index in [1.165, 1.54) is 6.07 Å². The van der Waals surface area contributed by atoms with Crippen LogP contribution >= 0.6 is 0 Å². The van der Waals surface area contributed by atoms with Crippen molar-refractivity contribution in [2.75, 3.05) is 18.1 Å². The number of rotatable bonds is 7. The zero-order valence-electron chi connectivity index (χ0n) is 17.5. The van der Waals surface area contributed by atoms with Crippen LogP contribution in [0.2, 0.25) is 0 Å². The molecule has 1 aliphatic heterocycles. The number of aromatic nitrogens is 1. The molecule has 0 radical (unpaired) electrons. The van der Waals surface area contributed by atoms with Gasteiger partial charge in [-0.25, -0.2) is 4.39 Å². The molecular weight excluding hydrogens is 405 g/mol. The molecule has 0 fully saturated rings. The van der Waals surface area contributed by atoms with Crippen LogP contribution in [0.5, 0.6) is 11.5 Å². The monoisotopic (exact) mass is 429 g/mol. The SMILES string of the molecule is NCCCn1cc(N2CNN=C2c2ccc(Oc3ccccc3)cc2)c2cc(F)ccc21. The van der Waals surface area contributed by atoms with Gasteiger partial charge in [0.05, 0.1) is 11.2 Å². The predicted molar refractivity (Wildman–Crippen MR) is 126 cm³/mol. The van der Waals surface area contributed by atoms with Crippen LogP contribution in [0, 0.1) is 5.82 Å². The van der Waals surface area contributed by atoms with Gasteiger partial charge in [-0.3, -0.25) is 5.43 Å². The van der Waals surface area contributed by atoms with E-state index in [1.54, 1.807) is 6.07 Å². The normalized spacial score (nSPS) is 13.3. The minimum absolute atomic E-state index is 0.261. The molecular formula is C25H24FN5O. The number of fused-ring (bicyclic) bond motifs is 1. The van der Waals surface area contributed by atoms with E-state index in [4.69, 9.17) is 10.5 Å². The number of halogens is 1. The molecule has 7 heteroatoms. The lowest BCUT2D eigenvalue weighted by molar-refractivity contribution is 0.482. The average molecular weight is 429 g/mol. The lowest BCUT2D eigenvalue weighted by Gasteiger charge is -2.18. The quantitative estimate of drug-likeness (QED) is 0.449. The fraction of sp³-hybridized carbons (Fsp3) is 0.160. The molecule has 3 aromatic carbocycles. The Labute approximate surface area is 185 Å². The Morgan fingerprint density at radius 3 is 2.56 bits per heavy atom. The van der Waals surface area contributed by atoms with Gasteiger partial charge < -0.3 is 19.9 Å². The largest absolute Gasteiger partial charge is 0.457 e. The van der Waals surface area contributed by atoms with Crippen LogP contribution in [-0.4, -0.2) is 23.6 Å². The van der Waals surface area contributed by atoms with Gasteiger partial charge in [0, 0.05) is 23.7 Å². The summed E-state index contributed by atoms with van der Waals surface area (Å²) in [7, 11) is 0. The highest BCUT2D eigenvalue weighted by molar-refractivity contribution is 6.14. The van der Waals surface area contributed by atoms with E-state index in [9.17, 15) is 4.39 Å². The smallest absolute Gasteiger partial charge is 0.161 e. The standard InChI is InChI=1S/C25H24FN5O/c26-19-9-12-23-22(15-19)24(16-30(23)14-4-13-27)31-17-28-29-25(31)18-7-10-21(11-8-18)32-20-5-2-1-3-6-20/h1-3,5-12,15-16,28H,4,13-14,17,27H2. The predicted octanol–water partition coefficient (Wildman–Crippen LogP) is 4.65. The highest BCUT2D eigenvalue weighted by Crippen LogP contribution is 2.32. The van der Waals surface area contributed by atoms with Crippen LogP contribution in [0.1, 0.15) is 12.0 Å². The molecule has 0 saturated heterocycles. The maximum atomic E-state index is 14.1. The lowest BCUT2D eigenvalue weighted by Crippen LogP contribution is -2.29. The van der Waals surface area contributed by atoms with Gasteiger partial charge >= 0.3 is 0 Å². The molecule has 2 heterocycles. The first-order chi connectivity index (χ1) is 15.7. The van der Waals surface area contributed by atoms with Crippen LogP contribution in [0.4, 0.5) is 10.1 Å². The molecule has 1 aliphatic rings. The first kappa shape index (κ1) is 20.1. The minimum atomic E-state index is -0.261. The van der Waals surface area contributed by atoms with E-state index < -0.39 is 0 Å². The third kappa shape index (κ3) is 3.90. The summed E-state index contributed by atoms with van der Waals surface area (Å²) < 4.78 is 22.1. The number of anilines is 1. The van der Waals surface area contributed by atoms with Crippen molar-refractivity contribution in [2.45, 2.75) is 13.0 Å². The lowest BCUT2D eigenvalue weighted by atomic mass is 10.1. The van der Waals surface area contributed by atoms with Gasteiger partial charge in [-0.05, 0) is 67.6 Å². The molecule has 0 amide bonds. The highest BCUT2D eigenvalue weighted by atomic mass is 19.1. The molecule has 0 atom stereocenters. The van der Waals surface area contributed by atoms with Crippen molar-refractivity contribution >= 4 is 22.4 Å². The van der Waals surface area contributed by atoms with Gasteiger partial charge in [-0.15, -0.1) is 0 Å².